The normalized spacial score (nSPS) is 15.7. The van der Waals surface area contributed by atoms with Gasteiger partial charge in [-0.05, 0) is 41.8 Å². The highest BCUT2D eigenvalue weighted by atomic mass is 32.2. The van der Waals surface area contributed by atoms with E-state index in [0.717, 1.165) is 23.8 Å². The molecule has 2 aromatic carbocycles. The summed E-state index contributed by atoms with van der Waals surface area (Å²) in [6.45, 7) is 0.130. The van der Waals surface area contributed by atoms with Crippen LogP contribution in [0.15, 0.2) is 71.7 Å². The van der Waals surface area contributed by atoms with Gasteiger partial charge in [-0.3, -0.25) is 4.79 Å². The predicted octanol–water partition coefficient (Wildman–Crippen LogP) is 3.07. The molecule has 27 heavy (non-hydrogen) atoms. The van der Waals surface area contributed by atoms with Crippen molar-refractivity contribution < 1.29 is 8.42 Å². The molecule has 5 nitrogen and oxygen atoms in total. The average molecular weight is 382 g/mol. The third-order valence-electron chi connectivity index (χ3n) is 5.05. The molecule has 3 aromatic rings. The van der Waals surface area contributed by atoms with Crippen molar-refractivity contribution in [2.75, 3.05) is 5.75 Å². The van der Waals surface area contributed by atoms with Crippen LogP contribution in [0.3, 0.4) is 0 Å². The Hall–Kier alpha value is -2.44. The number of fused-ring (bicyclic) bond motifs is 1. The molecule has 6 heteroatoms. The molecule has 1 aliphatic rings. The second-order valence-corrected chi connectivity index (χ2v) is 8.94. The van der Waals surface area contributed by atoms with Crippen LogP contribution in [0.1, 0.15) is 24.4 Å². The first-order valence-electron chi connectivity index (χ1n) is 9.17. The Bertz CT molecular complexity index is 1100. The van der Waals surface area contributed by atoms with Gasteiger partial charge < -0.3 is 4.57 Å². The molecule has 1 saturated carbocycles. The Labute approximate surface area is 158 Å². The smallest absolute Gasteiger partial charge is 0.258 e. The monoisotopic (exact) mass is 382 g/mol. The molecule has 0 unspecified atom stereocenters. The van der Waals surface area contributed by atoms with Gasteiger partial charge in [0, 0.05) is 24.2 Å². The van der Waals surface area contributed by atoms with Gasteiger partial charge in [0.15, 0.2) is 0 Å². The zero-order chi connectivity index (χ0) is 18.9. The van der Waals surface area contributed by atoms with Gasteiger partial charge >= 0.3 is 0 Å². The molecular weight excluding hydrogens is 360 g/mol. The standard InChI is InChI=1S/C21H22N2O3S/c24-21-19-9-5-4-6-16(19)12-13-23(21)14-15-27(25,26)22-20(18-10-11-18)17-7-2-1-3-8-17/h1-9,12-13,18,20,22H,10-11,14-15H2/t20-/m0/s1. The minimum atomic E-state index is -3.51. The first kappa shape index (κ1) is 17.9. The van der Waals surface area contributed by atoms with Gasteiger partial charge in [0.1, 0.15) is 0 Å². The highest BCUT2D eigenvalue weighted by molar-refractivity contribution is 7.89. The highest BCUT2D eigenvalue weighted by Crippen LogP contribution is 2.41. The zero-order valence-electron chi connectivity index (χ0n) is 14.9. The van der Waals surface area contributed by atoms with Crippen molar-refractivity contribution in [2.45, 2.75) is 25.4 Å². The number of aryl methyl sites for hydroxylation is 1. The fourth-order valence-electron chi connectivity index (χ4n) is 3.40. The third-order valence-corrected chi connectivity index (χ3v) is 6.38. The Balaban J connectivity index is 1.50. The number of sulfonamides is 1. The molecule has 1 fully saturated rings. The largest absolute Gasteiger partial charge is 0.314 e. The summed E-state index contributed by atoms with van der Waals surface area (Å²) in [7, 11) is -3.51. The number of pyridine rings is 1. The lowest BCUT2D eigenvalue weighted by molar-refractivity contribution is 0.524. The molecule has 1 N–H and O–H groups in total. The molecule has 1 heterocycles. The average Bonchev–Trinajstić information content (AvgIpc) is 3.52. The van der Waals surface area contributed by atoms with E-state index in [9.17, 15) is 13.2 Å². The van der Waals surface area contributed by atoms with E-state index in [1.165, 1.54) is 4.57 Å². The summed E-state index contributed by atoms with van der Waals surface area (Å²) in [6.07, 6.45) is 3.73. The van der Waals surface area contributed by atoms with E-state index in [4.69, 9.17) is 0 Å². The molecule has 0 saturated heterocycles. The molecule has 1 atom stereocenters. The van der Waals surface area contributed by atoms with Crippen LogP contribution in [0.2, 0.25) is 0 Å². The third kappa shape index (κ3) is 4.12. The van der Waals surface area contributed by atoms with Crippen molar-refractivity contribution in [3.05, 3.63) is 82.8 Å². The second kappa shape index (κ2) is 7.29. The molecule has 0 amide bonds. The number of hydrogen-bond acceptors (Lipinski definition) is 3. The SMILES string of the molecule is O=c1c2ccccc2ccn1CCS(=O)(=O)N[C@@H](c1ccccc1)C1CC1. The molecule has 4 rings (SSSR count). The summed E-state index contributed by atoms with van der Waals surface area (Å²) in [5, 5.41) is 1.46. The molecule has 0 aliphatic heterocycles. The zero-order valence-corrected chi connectivity index (χ0v) is 15.7. The van der Waals surface area contributed by atoms with Crippen molar-refractivity contribution in [3.8, 4) is 0 Å². The maximum Gasteiger partial charge on any atom is 0.258 e. The highest BCUT2D eigenvalue weighted by Gasteiger charge is 2.34. The van der Waals surface area contributed by atoms with E-state index >= 15 is 0 Å². The fourth-order valence-corrected chi connectivity index (χ4v) is 4.67. The lowest BCUT2D eigenvalue weighted by Crippen LogP contribution is -2.34. The van der Waals surface area contributed by atoms with Gasteiger partial charge in [-0.25, -0.2) is 13.1 Å². The number of nitrogens with one attached hydrogen (secondary N) is 1. The summed E-state index contributed by atoms with van der Waals surface area (Å²) in [5.74, 6) is 0.229. The van der Waals surface area contributed by atoms with Crippen molar-refractivity contribution in [1.82, 2.24) is 9.29 Å². The second-order valence-electron chi connectivity index (χ2n) is 7.06. The minimum Gasteiger partial charge on any atom is -0.314 e. The number of nitrogens with zero attached hydrogens (tertiary/aromatic N) is 1. The molecule has 140 valence electrons. The van der Waals surface area contributed by atoms with Crippen LogP contribution in [0.4, 0.5) is 0 Å². The van der Waals surface area contributed by atoms with E-state index < -0.39 is 10.0 Å². The van der Waals surface area contributed by atoms with E-state index in [2.05, 4.69) is 4.72 Å². The maximum atomic E-state index is 12.7. The van der Waals surface area contributed by atoms with Gasteiger partial charge in [-0.15, -0.1) is 0 Å². The summed E-state index contributed by atoms with van der Waals surface area (Å²) in [4.78, 5) is 12.6. The van der Waals surface area contributed by atoms with Gasteiger partial charge in [-0.2, -0.15) is 0 Å². The lowest BCUT2D eigenvalue weighted by atomic mass is 10.0. The van der Waals surface area contributed by atoms with Crippen LogP contribution in [-0.2, 0) is 16.6 Å². The van der Waals surface area contributed by atoms with Crippen LogP contribution < -0.4 is 10.3 Å². The predicted molar refractivity (Wildman–Crippen MR) is 107 cm³/mol. The van der Waals surface area contributed by atoms with Crippen molar-refractivity contribution in [1.29, 1.82) is 0 Å². The quantitative estimate of drug-likeness (QED) is 0.683. The van der Waals surface area contributed by atoms with Crippen LogP contribution in [0.5, 0.6) is 0 Å². The Morgan fingerprint density at radius 2 is 1.70 bits per heavy atom. The number of hydrogen-bond donors (Lipinski definition) is 1. The number of aromatic nitrogens is 1. The topological polar surface area (TPSA) is 68.2 Å². The lowest BCUT2D eigenvalue weighted by Gasteiger charge is -2.19. The molecule has 0 bridgehead atoms. The van der Waals surface area contributed by atoms with E-state index in [1.54, 1.807) is 12.3 Å². The summed E-state index contributed by atoms with van der Waals surface area (Å²) >= 11 is 0. The van der Waals surface area contributed by atoms with Gasteiger partial charge in [0.25, 0.3) is 5.56 Å². The Kier molecular flexibility index (Phi) is 4.85. The van der Waals surface area contributed by atoms with Gasteiger partial charge in [0.05, 0.1) is 5.75 Å². The van der Waals surface area contributed by atoms with Crippen LogP contribution in [0.25, 0.3) is 10.8 Å². The van der Waals surface area contributed by atoms with Gasteiger partial charge in [0.2, 0.25) is 10.0 Å². The van der Waals surface area contributed by atoms with Crippen molar-refractivity contribution in [3.63, 3.8) is 0 Å². The van der Waals surface area contributed by atoms with Crippen LogP contribution in [-0.4, -0.2) is 18.7 Å². The Morgan fingerprint density at radius 1 is 1.00 bits per heavy atom. The number of benzene rings is 2. The van der Waals surface area contributed by atoms with Crippen molar-refractivity contribution >= 4 is 20.8 Å². The van der Waals surface area contributed by atoms with Crippen LogP contribution in [0, 0.1) is 5.92 Å². The maximum absolute atomic E-state index is 12.7. The molecule has 0 radical (unpaired) electrons. The molecule has 0 spiro atoms. The molecular formula is C21H22N2O3S. The molecule has 1 aliphatic carbocycles. The summed E-state index contributed by atoms with van der Waals surface area (Å²) in [6, 6.07) is 18.7. The molecule has 1 aromatic heterocycles. The Morgan fingerprint density at radius 3 is 2.44 bits per heavy atom. The van der Waals surface area contributed by atoms with E-state index in [0.29, 0.717) is 11.3 Å². The first-order valence-corrected chi connectivity index (χ1v) is 10.8. The van der Waals surface area contributed by atoms with Gasteiger partial charge in [-0.1, -0.05) is 48.5 Å². The van der Waals surface area contributed by atoms with Crippen LogP contribution >= 0.6 is 0 Å². The first-order chi connectivity index (χ1) is 13.0. The van der Waals surface area contributed by atoms with Crippen molar-refractivity contribution in [2.24, 2.45) is 5.92 Å². The summed E-state index contributed by atoms with van der Waals surface area (Å²) < 4.78 is 29.7. The van der Waals surface area contributed by atoms with E-state index in [-0.39, 0.29) is 23.9 Å². The van der Waals surface area contributed by atoms with E-state index in [1.807, 2.05) is 54.6 Å². The summed E-state index contributed by atoms with van der Waals surface area (Å²) in [5.41, 5.74) is 0.830. The number of rotatable bonds is 7. The minimum absolute atomic E-state index is 0.124. The fraction of sp³-hybridized carbons (Fsp3) is 0.286.